The number of benzene rings is 2. The average molecular weight is 464 g/mol. The van der Waals surface area contributed by atoms with E-state index in [1.807, 2.05) is 49.4 Å². The number of amides is 1. The third-order valence-electron chi connectivity index (χ3n) is 5.89. The molecule has 1 aliphatic heterocycles. The molecule has 8 heteroatoms. The summed E-state index contributed by atoms with van der Waals surface area (Å²) in [6.07, 6.45) is 2.52. The molecule has 0 saturated carbocycles. The molecule has 1 aromatic heterocycles. The predicted octanol–water partition coefficient (Wildman–Crippen LogP) is 4.71. The molecule has 34 heavy (non-hydrogen) atoms. The number of carbonyl (C=O) groups excluding carboxylic acids is 1. The number of rotatable bonds is 10. The molecule has 0 bridgehead atoms. The topological polar surface area (TPSA) is 92.5 Å². The number of nitrogens with zero attached hydrogens (tertiary/aromatic N) is 2. The van der Waals surface area contributed by atoms with Gasteiger partial charge >= 0.3 is 0 Å². The van der Waals surface area contributed by atoms with E-state index in [2.05, 4.69) is 20.5 Å². The predicted molar refractivity (Wildman–Crippen MR) is 132 cm³/mol. The number of hydrogen-bond donors (Lipinski definition) is 3. The van der Waals surface area contributed by atoms with Gasteiger partial charge in [0.05, 0.1) is 5.56 Å². The van der Waals surface area contributed by atoms with Gasteiger partial charge in [-0.1, -0.05) is 30.3 Å². The Morgan fingerprint density at radius 3 is 2.50 bits per heavy atom. The zero-order chi connectivity index (χ0) is 23.9. The van der Waals surface area contributed by atoms with Crippen LogP contribution in [0.4, 0.5) is 21.7 Å². The van der Waals surface area contributed by atoms with Crippen molar-refractivity contribution in [2.24, 2.45) is 5.73 Å². The zero-order valence-electron chi connectivity index (χ0n) is 19.3. The molecule has 0 unspecified atom stereocenters. The minimum Gasteiger partial charge on any atom is -0.492 e. The van der Waals surface area contributed by atoms with Gasteiger partial charge in [-0.05, 0) is 68.8 Å². The number of aromatic nitrogens is 1. The molecule has 3 aromatic rings. The molecule has 1 saturated heterocycles. The standard InChI is InChI=1S/C26H30FN5O2/c1-18(19-7-3-2-4-8-19)29-25-22(24(28)33)17-23(27)26(31-25)30-20-9-11-21(12-10-20)34-16-15-32-13-5-6-14-32/h2-4,7-12,17-18H,5-6,13-16H2,1H3,(H2,28,33)(H2,29,30,31)/t18-/m1/s1. The summed E-state index contributed by atoms with van der Waals surface area (Å²) >= 11 is 0. The second-order valence-corrected chi connectivity index (χ2v) is 8.40. The van der Waals surface area contributed by atoms with E-state index in [9.17, 15) is 9.18 Å². The number of hydrogen-bond acceptors (Lipinski definition) is 6. The number of pyridine rings is 1. The van der Waals surface area contributed by atoms with Crippen molar-refractivity contribution >= 4 is 23.2 Å². The molecule has 178 valence electrons. The highest BCUT2D eigenvalue weighted by molar-refractivity contribution is 5.98. The quantitative estimate of drug-likeness (QED) is 0.403. The maximum Gasteiger partial charge on any atom is 0.252 e. The van der Waals surface area contributed by atoms with Gasteiger partial charge in [0.2, 0.25) is 0 Å². The molecule has 4 rings (SSSR count). The van der Waals surface area contributed by atoms with Crippen molar-refractivity contribution in [3.63, 3.8) is 0 Å². The second kappa shape index (κ2) is 11.0. The molecule has 1 fully saturated rings. The summed E-state index contributed by atoms with van der Waals surface area (Å²) in [5.41, 5.74) is 7.11. The maximum atomic E-state index is 14.7. The Balaban J connectivity index is 1.44. The minimum absolute atomic E-state index is 0.00420. The summed E-state index contributed by atoms with van der Waals surface area (Å²) in [5, 5.41) is 6.15. The largest absolute Gasteiger partial charge is 0.492 e. The fourth-order valence-electron chi connectivity index (χ4n) is 3.97. The number of halogens is 1. The lowest BCUT2D eigenvalue weighted by Crippen LogP contribution is -2.25. The SMILES string of the molecule is C[C@@H](Nc1nc(Nc2ccc(OCCN3CCCC3)cc2)c(F)cc1C(N)=O)c1ccccc1. The third kappa shape index (κ3) is 6.02. The van der Waals surface area contributed by atoms with E-state index >= 15 is 0 Å². The first kappa shape index (κ1) is 23.5. The summed E-state index contributed by atoms with van der Waals surface area (Å²) < 4.78 is 20.6. The van der Waals surface area contributed by atoms with E-state index in [1.54, 1.807) is 12.1 Å². The van der Waals surface area contributed by atoms with Gasteiger partial charge in [-0.2, -0.15) is 0 Å². The fourth-order valence-corrected chi connectivity index (χ4v) is 3.97. The molecule has 1 atom stereocenters. The maximum absolute atomic E-state index is 14.7. The highest BCUT2D eigenvalue weighted by Crippen LogP contribution is 2.27. The smallest absolute Gasteiger partial charge is 0.252 e. The van der Waals surface area contributed by atoms with Crippen molar-refractivity contribution in [1.29, 1.82) is 0 Å². The van der Waals surface area contributed by atoms with Gasteiger partial charge in [-0.15, -0.1) is 0 Å². The molecule has 0 spiro atoms. The van der Waals surface area contributed by atoms with Gasteiger partial charge in [-0.3, -0.25) is 9.69 Å². The Kier molecular flexibility index (Phi) is 7.59. The lowest BCUT2D eigenvalue weighted by Gasteiger charge is -2.18. The van der Waals surface area contributed by atoms with Crippen LogP contribution in [0.2, 0.25) is 0 Å². The molecule has 7 nitrogen and oxygen atoms in total. The number of nitrogens with two attached hydrogens (primary N) is 1. The van der Waals surface area contributed by atoms with E-state index < -0.39 is 11.7 Å². The van der Waals surface area contributed by atoms with Crippen molar-refractivity contribution in [2.75, 3.05) is 36.9 Å². The van der Waals surface area contributed by atoms with Crippen LogP contribution in [0.15, 0.2) is 60.7 Å². The van der Waals surface area contributed by atoms with Crippen LogP contribution in [0.1, 0.15) is 41.7 Å². The van der Waals surface area contributed by atoms with E-state index in [0.717, 1.165) is 37.0 Å². The monoisotopic (exact) mass is 463 g/mol. The van der Waals surface area contributed by atoms with Crippen LogP contribution < -0.4 is 21.1 Å². The molecule has 0 radical (unpaired) electrons. The molecule has 0 aliphatic carbocycles. The number of anilines is 3. The first-order valence-electron chi connectivity index (χ1n) is 11.5. The van der Waals surface area contributed by atoms with E-state index in [4.69, 9.17) is 10.5 Å². The summed E-state index contributed by atoms with van der Waals surface area (Å²) in [5.74, 6) is -0.458. The summed E-state index contributed by atoms with van der Waals surface area (Å²) in [7, 11) is 0. The second-order valence-electron chi connectivity index (χ2n) is 8.40. The first-order chi connectivity index (χ1) is 16.5. The Labute approximate surface area is 199 Å². The Morgan fingerprint density at radius 1 is 1.12 bits per heavy atom. The number of likely N-dealkylation sites (tertiary alicyclic amines) is 1. The molecule has 1 amide bonds. The highest BCUT2D eigenvalue weighted by atomic mass is 19.1. The van der Waals surface area contributed by atoms with Gasteiger partial charge < -0.3 is 21.1 Å². The van der Waals surface area contributed by atoms with Gasteiger partial charge in [0.15, 0.2) is 11.6 Å². The normalized spacial score (nSPS) is 14.5. The minimum atomic E-state index is -0.754. The van der Waals surface area contributed by atoms with E-state index in [-0.39, 0.29) is 23.2 Å². The van der Waals surface area contributed by atoms with Crippen LogP contribution in [-0.4, -0.2) is 42.0 Å². The van der Waals surface area contributed by atoms with Crippen molar-refractivity contribution in [1.82, 2.24) is 9.88 Å². The molecule has 2 heterocycles. The van der Waals surface area contributed by atoms with Gasteiger partial charge in [0.1, 0.15) is 18.2 Å². The zero-order valence-corrected chi connectivity index (χ0v) is 19.3. The molecular formula is C26H30FN5O2. The van der Waals surface area contributed by atoms with Crippen molar-refractivity contribution in [3.8, 4) is 5.75 Å². The molecule has 2 aromatic carbocycles. The Bertz CT molecular complexity index is 1100. The lowest BCUT2D eigenvalue weighted by molar-refractivity contribution is 0.100. The van der Waals surface area contributed by atoms with Crippen LogP contribution in [0.3, 0.4) is 0 Å². The first-order valence-corrected chi connectivity index (χ1v) is 11.5. The van der Waals surface area contributed by atoms with Crippen LogP contribution in [0, 0.1) is 5.82 Å². The van der Waals surface area contributed by atoms with Gasteiger partial charge in [0.25, 0.3) is 5.91 Å². The Morgan fingerprint density at radius 2 is 1.82 bits per heavy atom. The molecule has 4 N–H and O–H groups in total. The summed E-state index contributed by atoms with van der Waals surface area (Å²) in [6, 6.07) is 17.9. The molecule has 1 aliphatic rings. The van der Waals surface area contributed by atoms with Crippen LogP contribution >= 0.6 is 0 Å². The number of ether oxygens (including phenoxy) is 1. The fraction of sp³-hybridized carbons (Fsp3) is 0.308. The third-order valence-corrected chi connectivity index (χ3v) is 5.89. The summed E-state index contributed by atoms with van der Waals surface area (Å²) in [6.45, 7) is 5.76. The number of carbonyl (C=O) groups is 1. The van der Waals surface area contributed by atoms with Crippen molar-refractivity contribution in [2.45, 2.75) is 25.8 Å². The van der Waals surface area contributed by atoms with E-state index in [0.29, 0.717) is 12.3 Å². The van der Waals surface area contributed by atoms with Crippen LogP contribution in [0.5, 0.6) is 5.75 Å². The van der Waals surface area contributed by atoms with Crippen LogP contribution in [-0.2, 0) is 0 Å². The van der Waals surface area contributed by atoms with Crippen molar-refractivity contribution in [3.05, 3.63) is 77.6 Å². The number of nitrogens with one attached hydrogen (secondary N) is 2. The van der Waals surface area contributed by atoms with Gasteiger partial charge in [-0.25, -0.2) is 9.37 Å². The van der Waals surface area contributed by atoms with E-state index in [1.165, 1.54) is 12.8 Å². The molecular weight excluding hydrogens is 433 g/mol. The Hall–Kier alpha value is -3.65. The van der Waals surface area contributed by atoms with Crippen LogP contribution in [0.25, 0.3) is 0 Å². The van der Waals surface area contributed by atoms with Crippen molar-refractivity contribution < 1.29 is 13.9 Å². The highest BCUT2D eigenvalue weighted by Gasteiger charge is 2.18. The lowest BCUT2D eigenvalue weighted by atomic mass is 10.1. The van der Waals surface area contributed by atoms with Gasteiger partial charge in [0, 0.05) is 18.3 Å². The summed E-state index contributed by atoms with van der Waals surface area (Å²) in [4.78, 5) is 18.6. The number of primary amides is 1. The average Bonchev–Trinajstić information content (AvgIpc) is 3.36.